The zero-order valence-electron chi connectivity index (χ0n) is 24.8. The standard InChI is InChI=1S/C30H53NO8S/c1-5-20-23-16-19(33)10-11-29(23,3)24-17-25(34)30(4)21(7-8-22(30)27(24)28(20)36)18(2)6-9-26(35)31(12-14-32)13-15-40(37,38)39/h18-25,27-28,32-34,36H,5-17H2,1-4H3,(H,37,38,39). The fourth-order valence-corrected chi connectivity index (χ4v) is 10.8. The maximum absolute atomic E-state index is 12.9. The molecule has 0 aliphatic heterocycles. The first-order valence-electron chi connectivity index (χ1n) is 15.6. The summed E-state index contributed by atoms with van der Waals surface area (Å²) in [7, 11) is -4.21. The zero-order valence-corrected chi connectivity index (χ0v) is 25.6. The molecular formula is C30H53NO8S. The average molecular weight is 588 g/mol. The van der Waals surface area contributed by atoms with Gasteiger partial charge in [0.1, 0.15) is 0 Å². The average Bonchev–Trinajstić information content (AvgIpc) is 3.24. The van der Waals surface area contributed by atoms with E-state index in [2.05, 4.69) is 27.7 Å². The van der Waals surface area contributed by atoms with Gasteiger partial charge in [0.05, 0.1) is 30.7 Å². The molecule has 1 amide bonds. The predicted octanol–water partition coefficient (Wildman–Crippen LogP) is 2.71. The van der Waals surface area contributed by atoms with Crippen molar-refractivity contribution >= 4 is 16.0 Å². The van der Waals surface area contributed by atoms with E-state index in [1.807, 2.05) is 0 Å². The SMILES string of the molecule is CCC1C(O)C2C(CC(O)C3(C)C(C(C)CCC(=O)N(CCO)CCS(=O)(=O)O)CCC23)C2(C)CCC(O)CC12. The Balaban J connectivity index is 1.50. The number of hydrogen-bond acceptors (Lipinski definition) is 7. The van der Waals surface area contributed by atoms with E-state index >= 15 is 0 Å². The second kappa shape index (κ2) is 12.1. The lowest BCUT2D eigenvalue weighted by molar-refractivity contribution is -0.228. The number of aliphatic hydroxyl groups is 4. The van der Waals surface area contributed by atoms with Gasteiger partial charge in [-0.15, -0.1) is 0 Å². The Labute approximate surface area is 240 Å². The molecule has 232 valence electrons. The van der Waals surface area contributed by atoms with Crippen LogP contribution in [0.1, 0.15) is 85.5 Å². The Morgan fingerprint density at radius 2 is 1.73 bits per heavy atom. The number of hydrogen-bond donors (Lipinski definition) is 5. The Morgan fingerprint density at radius 3 is 2.35 bits per heavy atom. The molecule has 0 aromatic heterocycles. The summed E-state index contributed by atoms with van der Waals surface area (Å²) in [5, 5.41) is 43.6. The lowest BCUT2D eigenvalue weighted by Gasteiger charge is -2.65. The third kappa shape index (κ3) is 5.74. The maximum atomic E-state index is 12.9. The topological polar surface area (TPSA) is 156 Å². The van der Waals surface area contributed by atoms with Gasteiger partial charge in [-0.3, -0.25) is 9.35 Å². The van der Waals surface area contributed by atoms with Crippen LogP contribution in [0.3, 0.4) is 0 Å². The summed E-state index contributed by atoms with van der Waals surface area (Å²) < 4.78 is 31.4. The van der Waals surface area contributed by atoms with Crippen LogP contribution in [0.25, 0.3) is 0 Å². The Hall–Kier alpha value is -0.780. The highest BCUT2D eigenvalue weighted by Gasteiger charge is 2.67. The minimum atomic E-state index is -4.21. The van der Waals surface area contributed by atoms with Gasteiger partial charge in [0.25, 0.3) is 10.1 Å². The lowest BCUT2D eigenvalue weighted by Crippen LogP contribution is -2.65. The Kier molecular flexibility index (Phi) is 9.70. The molecule has 4 fully saturated rings. The molecule has 0 spiro atoms. The molecule has 0 heterocycles. The Morgan fingerprint density at radius 1 is 1.02 bits per heavy atom. The van der Waals surface area contributed by atoms with Crippen LogP contribution in [0.5, 0.6) is 0 Å². The summed E-state index contributed by atoms with van der Waals surface area (Å²) in [4.78, 5) is 14.2. The van der Waals surface area contributed by atoms with Crippen LogP contribution in [-0.4, -0.2) is 88.0 Å². The normalized spacial score (nSPS) is 43.9. The molecule has 0 aromatic rings. The summed E-state index contributed by atoms with van der Waals surface area (Å²) in [6.45, 7) is 8.40. The molecule has 12 unspecified atom stereocenters. The molecule has 9 nitrogen and oxygen atoms in total. The molecule has 5 N–H and O–H groups in total. The van der Waals surface area contributed by atoms with Crippen LogP contribution in [0.4, 0.5) is 0 Å². The van der Waals surface area contributed by atoms with E-state index in [-0.39, 0.29) is 90.4 Å². The Bertz CT molecular complexity index is 1010. The fourth-order valence-electron chi connectivity index (χ4n) is 10.3. The van der Waals surface area contributed by atoms with E-state index < -0.39 is 28.1 Å². The summed E-state index contributed by atoms with van der Waals surface area (Å²) in [5.41, 5.74) is -0.365. The number of carbonyl (C=O) groups is 1. The molecule has 10 heteroatoms. The minimum Gasteiger partial charge on any atom is -0.395 e. The van der Waals surface area contributed by atoms with Gasteiger partial charge in [0.15, 0.2) is 0 Å². The number of fused-ring (bicyclic) bond motifs is 5. The second-order valence-electron chi connectivity index (χ2n) is 14.1. The first-order valence-corrected chi connectivity index (χ1v) is 17.2. The number of nitrogens with zero attached hydrogens (tertiary/aromatic N) is 1. The first kappa shape index (κ1) is 32.1. The molecule has 4 saturated carbocycles. The maximum Gasteiger partial charge on any atom is 0.266 e. The van der Waals surface area contributed by atoms with Gasteiger partial charge in [0, 0.05) is 19.5 Å². The smallest absolute Gasteiger partial charge is 0.266 e. The minimum absolute atomic E-state index is 0.000446. The van der Waals surface area contributed by atoms with E-state index in [1.54, 1.807) is 0 Å². The van der Waals surface area contributed by atoms with E-state index in [0.717, 1.165) is 38.5 Å². The highest BCUT2D eigenvalue weighted by molar-refractivity contribution is 7.85. The summed E-state index contributed by atoms with van der Waals surface area (Å²) in [5.74, 6) is 0.462. The zero-order chi connectivity index (χ0) is 29.6. The molecule has 0 radical (unpaired) electrons. The van der Waals surface area contributed by atoms with E-state index in [9.17, 15) is 33.6 Å². The van der Waals surface area contributed by atoms with Crippen molar-refractivity contribution in [3.8, 4) is 0 Å². The number of amides is 1. The molecule has 12 atom stereocenters. The third-order valence-electron chi connectivity index (χ3n) is 12.4. The lowest BCUT2D eigenvalue weighted by atomic mass is 9.41. The molecule has 0 bridgehead atoms. The molecular weight excluding hydrogens is 534 g/mol. The summed E-state index contributed by atoms with van der Waals surface area (Å²) in [6.07, 6.45) is 5.40. The van der Waals surface area contributed by atoms with Gasteiger partial charge in [-0.1, -0.05) is 34.1 Å². The van der Waals surface area contributed by atoms with Crippen molar-refractivity contribution in [3.63, 3.8) is 0 Å². The summed E-state index contributed by atoms with van der Waals surface area (Å²) in [6, 6.07) is 0. The third-order valence-corrected chi connectivity index (χ3v) is 13.1. The van der Waals surface area contributed by atoms with E-state index in [4.69, 9.17) is 4.55 Å². The van der Waals surface area contributed by atoms with Gasteiger partial charge < -0.3 is 25.3 Å². The van der Waals surface area contributed by atoms with E-state index in [0.29, 0.717) is 12.8 Å². The van der Waals surface area contributed by atoms with Gasteiger partial charge in [0.2, 0.25) is 5.91 Å². The largest absolute Gasteiger partial charge is 0.395 e. The van der Waals surface area contributed by atoms with Gasteiger partial charge in [-0.05, 0) is 97.2 Å². The fraction of sp³-hybridized carbons (Fsp3) is 0.967. The van der Waals surface area contributed by atoms with Crippen LogP contribution in [0, 0.1) is 52.3 Å². The quantitative estimate of drug-likeness (QED) is 0.244. The highest BCUT2D eigenvalue weighted by Crippen LogP contribution is 2.69. The van der Waals surface area contributed by atoms with E-state index in [1.165, 1.54) is 4.90 Å². The van der Waals surface area contributed by atoms with Crippen LogP contribution < -0.4 is 0 Å². The van der Waals surface area contributed by atoms with Crippen molar-refractivity contribution in [1.82, 2.24) is 4.90 Å². The molecule has 0 saturated heterocycles. The van der Waals surface area contributed by atoms with Gasteiger partial charge in [-0.25, -0.2) is 0 Å². The molecule has 4 aliphatic carbocycles. The van der Waals surface area contributed by atoms with Crippen LogP contribution >= 0.6 is 0 Å². The van der Waals surface area contributed by atoms with Gasteiger partial charge in [-0.2, -0.15) is 8.42 Å². The summed E-state index contributed by atoms with van der Waals surface area (Å²) >= 11 is 0. The molecule has 40 heavy (non-hydrogen) atoms. The molecule has 4 aliphatic rings. The van der Waals surface area contributed by atoms with Crippen molar-refractivity contribution in [2.24, 2.45) is 52.3 Å². The van der Waals surface area contributed by atoms with Gasteiger partial charge >= 0.3 is 0 Å². The van der Waals surface area contributed by atoms with Crippen molar-refractivity contribution in [3.05, 3.63) is 0 Å². The van der Waals surface area contributed by atoms with Crippen LogP contribution in [0.2, 0.25) is 0 Å². The van der Waals surface area contributed by atoms with Crippen molar-refractivity contribution in [1.29, 1.82) is 0 Å². The first-order chi connectivity index (χ1) is 18.7. The predicted molar refractivity (Wildman–Crippen MR) is 152 cm³/mol. The van der Waals surface area contributed by atoms with Crippen LogP contribution in [0.15, 0.2) is 0 Å². The monoisotopic (exact) mass is 587 g/mol. The second-order valence-corrected chi connectivity index (χ2v) is 15.7. The number of carbonyl (C=O) groups excluding carboxylic acids is 1. The number of rotatable bonds is 10. The van der Waals surface area contributed by atoms with Crippen molar-refractivity contribution in [2.75, 3.05) is 25.4 Å². The van der Waals surface area contributed by atoms with Crippen molar-refractivity contribution in [2.45, 2.75) is 104 Å². The molecule has 0 aromatic carbocycles. The molecule has 4 rings (SSSR count). The van der Waals surface area contributed by atoms with Crippen LogP contribution in [-0.2, 0) is 14.9 Å². The highest BCUT2D eigenvalue weighted by atomic mass is 32.2. The van der Waals surface area contributed by atoms with Crippen molar-refractivity contribution < 1.29 is 38.2 Å². The number of aliphatic hydroxyl groups excluding tert-OH is 4.